The minimum absolute atomic E-state index is 0.0692. The molecule has 1 heterocycles. The Morgan fingerprint density at radius 3 is 2.69 bits per heavy atom. The molecule has 0 radical (unpaired) electrons. The molecule has 0 aliphatic carbocycles. The summed E-state index contributed by atoms with van der Waals surface area (Å²) in [5, 5.41) is 14.0. The minimum atomic E-state index is 0.0692. The van der Waals surface area contributed by atoms with Crippen molar-refractivity contribution < 1.29 is 19.1 Å². The number of phenolic OH excluding ortho intramolecular Hbond substituents is 1. The maximum atomic E-state index is 9.76. The molecule has 0 saturated heterocycles. The quantitative estimate of drug-likeness (QED) is 0.682. The highest BCUT2D eigenvalue weighted by Gasteiger charge is 2.12. The molecule has 0 aliphatic heterocycles. The molecule has 0 saturated carbocycles. The first-order valence-corrected chi connectivity index (χ1v) is 8.30. The van der Waals surface area contributed by atoms with Crippen LogP contribution in [0.15, 0.2) is 47.0 Å². The van der Waals surface area contributed by atoms with E-state index >= 15 is 0 Å². The summed E-state index contributed by atoms with van der Waals surface area (Å²) in [6.07, 6.45) is 1.66. The molecule has 3 aromatic rings. The van der Waals surface area contributed by atoms with E-state index in [0.29, 0.717) is 18.2 Å². The van der Waals surface area contributed by atoms with Gasteiger partial charge in [0.05, 0.1) is 13.7 Å². The SMILES string of the molecule is CCOc1cc(/C=C(\Cl)c2nc(-c3ccc(OC)cc3)no2)ccc1O. The minimum Gasteiger partial charge on any atom is -0.504 e. The molecular weight excluding hydrogens is 356 g/mol. The molecule has 26 heavy (non-hydrogen) atoms. The van der Waals surface area contributed by atoms with E-state index in [-0.39, 0.29) is 16.7 Å². The third kappa shape index (κ3) is 3.97. The van der Waals surface area contributed by atoms with E-state index in [9.17, 15) is 5.11 Å². The van der Waals surface area contributed by atoms with Gasteiger partial charge < -0.3 is 19.1 Å². The second kappa shape index (κ2) is 7.93. The van der Waals surface area contributed by atoms with Crippen molar-refractivity contribution in [2.75, 3.05) is 13.7 Å². The molecule has 134 valence electrons. The van der Waals surface area contributed by atoms with Crippen LogP contribution in [-0.2, 0) is 0 Å². The summed E-state index contributed by atoms with van der Waals surface area (Å²) in [5.74, 6) is 1.82. The fraction of sp³-hybridized carbons (Fsp3) is 0.158. The molecule has 0 atom stereocenters. The fourth-order valence-electron chi connectivity index (χ4n) is 2.28. The van der Waals surface area contributed by atoms with Gasteiger partial charge in [0, 0.05) is 5.56 Å². The number of ether oxygens (including phenoxy) is 2. The summed E-state index contributed by atoms with van der Waals surface area (Å²) in [6.45, 7) is 2.29. The molecule has 1 aromatic heterocycles. The Morgan fingerprint density at radius 1 is 1.23 bits per heavy atom. The van der Waals surface area contributed by atoms with Crippen molar-refractivity contribution >= 4 is 22.7 Å². The van der Waals surface area contributed by atoms with Crippen molar-refractivity contribution in [1.29, 1.82) is 0 Å². The van der Waals surface area contributed by atoms with Gasteiger partial charge in [0.1, 0.15) is 10.8 Å². The van der Waals surface area contributed by atoms with Crippen LogP contribution < -0.4 is 9.47 Å². The molecule has 7 heteroatoms. The van der Waals surface area contributed by atoms with Crippen molar-refractivity contribution in [3.05, 3.63) is 53.9 Å². The number of hydrogen-bond donors (Lipinski definition) is 1. The van der Waals surface area contributed by atoms with Crippen LogP contribution in [0.1, 0.15) is 18.4 Å². The number of phenols is 1. The number of rotatable bonds is 6. The Bertz CT molecular complexity index is 920. The molecule has 6 nitrogen and oxygen atoms in total. The monoisotopic (exact) mass is 372 g/mol. The number of aromatic hydroxyl groups is 1. The predicted octanol–water partition coefficient (Wildman–Crippen LogP) is 4.59. The third-order valence-corrected chi connectivity index (χ3v) is 3.83. The summed E-state index contributed by atoms with van der Waals surface area (Å²) < 4.78 is 15.7. The highest BCUT2D eigenvalue weighted by Crippen LogP contribution is 2.30. The molecular formula is C19H17ClN2O4. The van der Waals surface area contributed by atoms with E-state index in [4.69, 9.17) is 25.6 Å². The molecule has 3 rings (SSSR count). The Kier molecular flexibility index (Phi) is 5.43. The third-order valence-electron chi connectivity index (χ3n) is 3.56. The zero-order valence-electron chi connectivity index (χ0n) is 14.3. The Labute approximate surface area is 155 Å². The summed E-state index contributed by atoms with van der Waals surface area (Å²) in [4.78, 5) is 4.31. The zero-order chi connectivity index (χ0) is 18.5. The van der Waals surface area contributed by atoms with Crippen LogP contribution in [0.3, 0.4) is 0 Å². The molecule has 0 unspecified atom stereocenters. The number of halogens is 1. The van der Waals surface area contributed by atoms with Gasteiger partial charge in [-0.3, -0.25) is 0 Å². The lowest BCUT2D eigenvalue weighted by molar-refractivity contribution is 0.318. The molecule has 0 spiro atoms. The lowest BCUT2D eigenvalue weighted by Crippen LogP contribution is -1.92. The van der Waals surface area contributed by atoms with Gasteiger partial charge in [-0.1, -0.05) is 22.8 Å². The highest BCUT2D eigenvalue weighted by atomic mass is 35.5. The van der Waals surface area contributed by atoms with Crippen LogP contribution in [0.2, 0.25) is 0 Å². The van der Waals surface area contributed by atoms with Crippen LogP contribution in [-0.4, -0.2) is 29.0 Å². The van der Waals surface area contributed by atoms with Crippen LogP contribution in [0, 0.1) is 0 Å². The first-order valence-electron chi connectivity index (χ1n) is 7.92. The summed E-state index contributed by atoms with van der Waals surface area (Å²) in [6, 6.07) is 12.2. The Hall–Kier alpha value is -2.99. The highest BCUT2D eigenvalue weighted by molar-refractivity contribution is 6.50. The fourth-order valence-corrected chi connectivity index (χ4v) is 2.48. The van der Waals surface area contributed by atoms with Crippen LogP contribution in [0.5, 0.6) is 17.2 Å². The Balaban J connectivity index is 1.84. The first kappa shape index (κ1) is 17.8. The molecule has 0 aliphatic rings. The van der Waals surface area contributed by atoms with E-state index in [1.54, 1.807) is 25.3 Å². The number of nitrogens with zero attached hydrogens (tertiary/aromatic N) is 2. The zero-order valence-corrected chi connectivity index (χ0v) is 15.0. The largest absolute Gasteiger partial charge is 0.504 e. The Morgan fingerprint density at radius 2 is 2.00 bits per heavy atom. The van der Waals surface area contributed by atoms with Crippen LogP contribution in [0.4, 0.5) is 0 Å². The van der Waals surface area contributed by atoms with E-state index in [1.165, 1.54) is 6.07 Å². The number of benzene rings is 2. The van der Waals surface area contributed by atoms with Gasteiger partial charge in [0.2, 0.25) is 5.82 Å². The number of hydrogen-bond acceptors (Lipinski definition) is 6. The smallest absolute Gasteiger partial charge is 0.269 e. The normalized spacial score (nSPS) is 11.4. The molecule has 0 bridgehead atoms. The lowest BCUT2D eigenvalue weighted by atomic mass is 10.2. The maximum Gasteiger partial charge on any atom is 0.269 e. The average molecular weight is 373 g/mol. The second-order valence-corrected chi connectivity index (χ2v) is 5.71. The topological polar surface area (TPSA) is 77.6 Å². The number of methoxy groups -OCH3 is 1. The predicted molar refractivity (Wildman–Crippen MR) is 99.3 cm³/mol. The van der Waals surface area contributed by atoms with E-state index in [2.05, 4.69) is 10.1 Å². The second-order valence-electron chi connectivity index (χ2n) is 5.30. The molecule has 1 N–H and O–H groups in total. The van der Waals surface area contributed by atoms with Gasteiger partial charge in [-0.05, 0) is 55.0 Å². The summed E-state index contributed by atoms with van der Waals surface area (Å²) >= 11 is 6.30. The van der Waals surface area contributed by atoms with Gasteiger partial charge in [-0.25, -0.2) is 0 Å². The average Bonchev–Trinajstić information content (AvgIpc) is 3.15. The summed E-state index contributed by atoms with van der Waals surface area (Å²) in [5.41, 5.74) is 1.52. The molecule has 0 amide bonds. The van der Waals surface area contributed by atoms with E-state index < -0.39 is 0 Å². The van der Waals surface area contributed by atoms with Crippen LogP contribution in [0.25, 0.3) is 22.5 Å². The van der Waals surface area contributed by atoms with Crippen molar-refractivity contribution in [3.8, 4) is 28.6 Å². The first-order chi connectivity index (χ1) is 12.6. The van der Waals surface area contributed by atoms with Crippen molar-refractivity contribution in [3.63, 3.8) is 0 Å². The van der Waals surface area contributed by atoms with E-state index in [1.807, 2.05) is 31.2 Å². The van der Waals surface area contributed by atoms with Gasteiger partial charge in [-0.15, -0.1) is 0 Å². The van der Waals surface area contributed by atoms with Crippen molar-refractivity contribution in [2.45, 2.75) is 6.92 Å². The maximum absolute atomic E-state index is 9.76. The van der Waals surface area contributed by atoms with Crippen LogP contribution >= 0.6 is 11.6 Å². The lowest BCUT2D eigenvalue weighted by Gasteiger charge is -2.06. The summed E-state index contributed by atoms with van der Waals surface area (Å²) in [7, 11) is 1.60. The molecule has 0 fully saturated rings. The van der Waals surface area contributed by atoms with Gasteiger partial charge >= 0.3 is 0 Å². The van der Waals surface area contributed by atoms with Gasteiger partial charge in [-0.2, -0.15) is 4.98 Å². The number of aromatic nitrogens is 2. The molecule has 2 aromatic carbocycles. The van der Waals surface area contributed by atoms with Crippen molar-refractivity contribution in [2.24, 2.45) is 0 Å². The van der Waals surface area contributed by atoms with E-state index in [0.717, 1.165) is 16.9 Å². The van der Waals surface area contributed by atoms with Gasteiger partial charge in [0.25, 0.3) is 5.89 Å². The van der Waals surface area contributed by atoms with Gasteiger partial charge in [0.15, 0.2) is 11.5 Å². The van der Waals surface area contributed by atoms with Crippen molar-refractivity contribution in [1.82, 2.24) is 10.1 Å². The standard InChI is InChI=1S/C19H17ClN2O4/c1-3-25-17-11-12(4-9-16(17)23)10-15(20)19-21-18(22-26-19)13-5-7-14(24-2)8-6-13/h4-11,23H,3H2,1-2H3/b15-10-.